The molecule has 1 aromatic heterocycles. The van der Waals surface area contributed by atoms with Crippen LogP contribution in [0.25, 0.3) is 21.0 Å². The number of rotatable bonds is 2. The van der Waals surface area contributed by atoms with Crippen molar-refractivity contribution in [2.24, 2.45) is 4.99 Å². The number of aryl methyl sites for hydroxylation is 1. The average molecular weight is 332 g/mol. The normalized spacial score (nSPS) is 12.1. The number of carbonyl (C=O) groups is 1. The molecule has 1 amide bonds. The summed E-state index contributed by atoms with van der Waals surface area (Å²) in [7, 11) is 0. The lowest BCUT2D eigenvalue weighted by Crippen LogP contribution is -2.15. The highest BCUT2D eigenvalue weighted by molar-refractivity contribution is 7.16. The molecule has 4 heteroatoms. The number of hydrogen-bond donors (Lipinski definition) is 0. The van der Waals surface area contributed by atoms with Gasteiger partial charge in [-0.05, 0) is 42.0 Å². The molecule has 0 bridgehead atoms. The Morgan fingerprint density at radius 3 is 2.58 bits per heavy atom. The van der Waals surface area contributed by atoms with E-state index in [1.165, 1.54) is 0 Å². The van der Waals surface area contributed by atoms with Crippen LogP contribution in [0.3, 0.4) is 0 Å². The van der Waals surface area contributed by atoms with Crippen LogP contribution < -0.4 is 4.80 Å². The van der Waals surface area contributed by atoms with E-state index in [9.17, 15) is 4.79 Å². The Labute approximate surface area is 143 Å². The van der Waals surface area contributed by atoms with Crippen molar-refractivity contribution in [1.82, 2.24) is 4.57 Å². The first-order chi connectivity index (χ1) is 11.8. The van der Waals surface area contributed by atoms with E-state index in [1.807, 2.05) is 54.6 Å². The number of aromatic nitrogens is 1. The van der Waals surface area contributed by atoms with Crippen LogP contribution in [0.1, 0.15) is 17.3 Å². The zero-order valence-electron chi connectivity index (χ0n) is 13.3. The van der Waals surface area contributed by atoms with E-state index >= 15 is 0 Å². The van der Waals surface area contributed by atoms with Gasteiger partial charge in [0.05, 0.1) is 10.2 Å². The molecule has 3 aromatic carbocycles. The highest BCUT2D eigenvalue weighted by Gasteiger charge is 2.08. The monoisotopic (exact) mass is 332 g/mol. The molecule has 0 N–H and O–H groups in total. The van der Waals surface area contributed by atoms with Crippen LogP contribution in [0.15, 0.2) is 71.7 Å². The summed E-state index contributed by atoms with van der Waals surface area (Å²) in [6, 6.07) is 21.9. The zero-order chi connectivity index (χ0) is 16.5. The third kappa shape index (κ3) is 2.55. The number of nitrogens with zero attached hydrogens (tertiary/aromatic N) is 2. The Morgan fingerprint density at radius 1 is 1.00 bits per heavy atom. The van der Waals surface area contributed by atoms with Gasteiger partial charge in [0.15, 0.2) is 4.80 Å². The minimum atomic E-state index is -0.200. The molecule has 0 saturated carbocycles. The van der Waals surface area contributed by atoms with Crippen molar-refractivity contribution in [2.45, 2.75) is 13.5 Å². The van der Waals surface area contributed by atoms with Gasteiger partial charge in [0.2, 0.25) is 0 Å². The maximum Gasteiger partial charge on any atom is 0.279 e. The van der Waals surface area contributed by atoms with E-state index in [0.29, 0.717) is 5.56 Å². The molecule has 0 aliphatic carbocycles. The molecule has 0 aliphatic rings. The molecule has 0 unspecified atom stereocenters. The third-order valence-electron chi connectivity index (χ3n) is 4.10. The number of benzene rings is 3. The average Bonchev–Trinajstić information content (AvgIpc) is 2.98. The zero-order valence-corrected chi connectivity index (χ0v) is 14.1. The summed E-state index contributed by atoms with van der Waals surface area (Å²) in [4.78, 5) is 17.8. The van der Waals surface area contributed by atoms with E-state index in [-0.39, 0.29) is 5.91 Å². The number of hydrogen-bond acceptors (Lipinski definition) is 2. The van der Waals surface area contributed by atoms with Crippen LogP contribution in [-0.2, 0) is 6.54 Å². The van der Waals surface area contributed by atoms with Gasteiger partial charge in [-0.1, -0.05) is 53.8 Å². The van der Waals surface area contributed by atoms with Crippen LogP contribution in [0, 0.1) is 0 Å². The number of amides is 1. The number of fused-ring (bicyclic) bond motifs is 2. The van der Waals surface area contributed by atoms with Crippen molar-refractivity contribution in [1.29, 1.82) is 0 Å². The van der Waals surface area contributed by atoms with E-state index in [0.717, 1.165) is 32.3 Å². The summed E-state index contributed by atoms with van der Waals surface area (Å²) in [6.45, 7) is 2.85. The fraction of sp³-hybridized carbons (Fsp3) is 0.100. The van der Waals surface area contributed by atoms with Gasteiger partial charge < -0.3 is 4.57 Å². The maximum atomic E-state index is 12.6. The second kappa shape index (κ2) is 6.06. The second-order valence-corrected chi connectivity index (χ2v) is 6.58. The van der Waals surface area contributed by atoms with Crippen molar-refractivity contribution >= 4 is 38.2 Å². The Balaban J connectivity index is 1.83. The number of thiazole rings is 1. The highest BCUT2D eigenvalue weighted by Crippen LogP contribution is 2.18. The van der Waals surface area contributed by atoms with Crippen molar-refractivity contribution in [3.8, 4) is 0 Å². The Hall–Kier alpha value is -2.72. The predicted octanol–water partition coefficient (Wildman–Crippen LogP) is 4.62. The number of carbonyl (C=O) groups excluding carboxylic acids is 1. The van der Waals surface area contributed by atoms with Gasteiger partial charge in [-0.2, -0.15) is 4.99 Å². The van der Waals surface area contributed by atoms with Gasteiger partial charge >= 0.3 is 0 Å². The second-order valence-electron chi connectivity index (χ2n) is 5.58. The fourth-order valence-electron chi connectivity index (χ4n) is 2.89. The quantitative estimate of drug-likeness (QED) is 0.527. The molecular formula is C20H16N2OS. The van der Waals surface area contributed by atoms with E-state index < -0.39 is 0 Å². The Kier molecular flexibility index (Phi) is 3.75. The van der Waals surface area contributed by atoms with E-state index in [4.69, 9.17) is 0 Å². The Bertz CT molecular complexity index is 1120. The summed E-state index contributed by atoms with van der Waals surface area (Å²) in [5, 5.41) is 2.18. The van der Waals surface area contributed by atoms with Crippen LogP contribution in [0.4, 0.5) is 0 Å². The van der Waals surface area contributed by atoms with E-state index in [1.54, 1.807) is 11.3 Å². The fourth-order valence-corrected chi connectivity index (χ4v) is 3.98. The number of para-hydroxylation sites is 1. The molecule has 0 spiro atoms. The smallest absolute Gasteiger partial charge is 0.279 e. The molecule has 118 valence electrons. The van der Waals surface area contributed by atoms with Gasteiger partial charge in [0.25, 0.3) is 5.91 Å². The van der Waals surface area contributed by atoms with Gasteiger partial charge in [0, 0.05) is 12.1 Å². The molecule has 0 atom stereocenters. The lowest BCUT2D eigenvalue weighted by molar-refractivity contribution is 0.0998. The molecule has 24 heavy (non-hydrogen) atoms. The van der Waals surface area contributed by atoms with Crippen molar-refractivity contribution < 1.29 is 4.79 Å². The highest BCUT2D eigenvalue weighted by atomic mass is 32.1. The first-order valence-electron chi connectivity index (χ1n) is 7.92. The van der Waals surface area contributed by atoms with Crippen LogP contribution in [0.2, 0.25) is 0 Å². The van der Waals surface area contributed by atoms with Crippen molar-refractivity contribution in [3.05, 3.63) is 77.1 Å². The molecule has 1 heterocycles. The maximum absolute atomic E-state index is 12.6. The van der Waals surface area contributed by atoms with Crippen LogP contribution in [-0.4, -0.2) is 10.5 Å². The van der Waals surface area contributed by atoms with Gasteiger partial charge in [-0.3, -0.25) is 4.79 Å². The summed E-state index contributed by atoms with van der Waals surface area (Å²) < 4.78 is 3.23. The molecule has 0 radical (unpaired) electrons. The molecule has 0 fully saturated rings. The molecule has 4 aromatic rings. The summed E-state index contributed by atoms with van der Waals surface area (Å²) in [6.07, 6.45) is 0. The topological polar surface area (TPSA) is 34.4 Å². The lowest BCUT2D eigenvalue weighted by atomic mass is 10.1. The third-order valence-corrected chi connectivity index (χ3v) is 5.16. The Morgan fingerprint density at radius 2 is 1.75 bits per heavy atom. The SMILES string of the molecule is CCn1c(=NC(=O)c2ccc3ccccc3c2)sc2ccccc21. The first kappa shape index (κ1) is 14.8. The standard InChI is InChI=1S/C20H16N2OS/c1-2-22-17-9-5-6-10-18(17)24-20(22)21-19(23)16-12-11-14-7-3-4-8-15(14)13-16/h3-13H,2H2,1H3. The van der Waals surface area contributed by atoms with Crippen molar-refractivity contribution in [3.63, 3.8) is 0 Å². The largest absolute Gasteiger partial charge is 0.317 e. The van der Waals surface area contributed by atoms with Crippen LogP contribution >= 0.6 is 11.3 Å². The summed E-state index contributed by atoms with van der Waals surface area (Å²) in [5.41, 5.74) is 1.74. The minimum absolute atomic E-state index is 0.200. The minimum Gasteiger partial charge on any atom is -0.317 e. The summed E-state index contributed by atoms with van der Waals surface area (Å²) >= 11 is 1.55. The molecular weight excluding hydrogens is 316 g/mol. The molecule has 0 saturated heterocycles. The molecule has 4 rings (SSSR count). The molecule has 0 aliphatic heterocycles. The lowest BCUT2D eigenvalue weighted by Gasteiger charge is -2.01. The van der Waals surface area contributed by atoms with Gasteiger partial charge in [0.1, 0.15) is 0 Å². The van der Waals surface area contributed by atoms with Gasteiger partial charge in [-0.25, -0.2) is 0 Å². The van der Waals surface area contributed by atoms with Crippen molar-refractivity contribution in [2.75, 3.05) is 0 Å². The van der Waals surface area contributed by atoms with E-state index in [2.05, 4.69) is 28.6 Å². The summed E-state index contributed by atoms with van der Waals surface area (Å²) in [5.74, 6) is -0.200. The first-order valence-corrected chi connectivity index (χ1v) is 8.74. The van der Waals surface area contributed by atoms with Crippen LogP contribution in [0.5, 0.6) is 0 Å². The van der Waals surface area contributed by atoms with Gasteiger partial charge in [-0.15, -0.1) is 0 Å². The predicted molar refractivity (Wildman–Crippen MR) is 99.3 cm³/mol. The molecule has 3 nitrogen and oxygen atoms in total.